The van der Waals surface area contributed by atoms with Crippen LogP contribution in [-0.2, 0) is 6.54 Å². The molecule has 0 heterocycles. The zero-order chi connectivity index (χ0) is 14.6. The first-order chi connectivity index (χ1) is 8.71. The maximum atomic E-state index is 13.2. The standard InChI is InChI=1S/C13H14F4N2/c1-9(2)19(8-13(15,16)17)7-11-3-10(6-18)4-12(14)5-11/h3-5,9H,7-8H2,1-2H3. The Morgan fingerprint density at radius 3 is 2.37 bits per heavy atom. The first-order valence-corrected chi connectivity index (χ1v) is 5.71. The summed E-state index contributed by atoms with van der Waals surface area (Å²) < 4.78 is 50.5. The molecular formula is C13H14F4N2. The van der Waals surface area contributed by atoms with E-state index in [0.29, 0.717) is 5.56 Å². The van der Waals surface area contributed by atoms with E-state index in [1.54, 1.807) is 19.9 Å². The van der Waals surface area contributed by atoms with Gasteiger partial charge < -0.3 is 0 Å². The molecule has 0 spiro atoms. The van der Waals surface area contributed by atoms with Crippen LogP contribution in [0.15, 0.2) is 18.2 Å². The monoisotopic (exact) mass is 274 g/mol. The van der Waals surface area contributed by atoms with E-state index >= 15 is 0 Å². The van der Waals surface area contributed by atoms with Gasteiger partial charge in [0.1, 0.15) is 5.82 Å². The van der Waals surface area contributed by atoms with Crippen LogP contribution in [0.3, 0.4) is 0 Å². The number of hydrogen-bond donors (Lipinski definition) is 0. The van der Waals surface area contributed by atoms with Crippen molar-refractivity contribution in [1.29, 1.82) is 5.26 Å². The molecule has 1 rings (SSSR count). The minimum atomic E-state index is -4.31. The lowest BCUT2D eigenvalue weighted by Gasteiger charge is -2.27. The lowest BCUT2D eigenvalue weighted by Crippen LogP contribution is -2.38. The molecular weight excluding hydrogens is 260 g/mol. The van der Waals surface area contributed by atoms with Crippen LogP contribution in [0.4, 0.5) is 17.6 Å². The van der Waals surface area contributed by atoms with E-state index in [0.717, 1.165) is 12.1 Å². The number of halogens is 4. The molecule has 0 aliphatic rings. The first kappa shape index (κ1) is 15.4. The van der Waals surface area contributed by atoms with Crippen LogP contribution in [0.1, 0.15) is 25.0 Å². The van der Waals surface area contributed by atoms with Gasteiger partial charge in [-0.3, -0.25) is 4.90 Å². The van der Waals surface area contributed by atoms with Gasteiger partial charge >= 0.3 is 6.18 Å². The van der Waals surface area contributed by atoms with E-state index in [9.17, 15) is 17.6 Å². The molecule has 0 saturated carbocycles. The molecule has 0 bridgehead atoms. The molecule has 104 valence electrons. The third kappa shape index (κ3) is 5.26. The van der Waals surface area contributed by atoms with E-state index in [-0.39, 0.29) is 18.2 Å². The number of benzene rings is 1. The lowest BCUT2D eigenvalue weighted by atomic mass is 10.1. The van der Waals surface area contributed by atoms with Crippen molar-refractivity contribution in [3.05, 3.63) is 35.1 Å². The molecule has 0 aliphatic carbocycles. The maximum Gasteiger partial charge on any atom is 0.401 e. The molecule has 0 unspecified atom stereocenters. The number of alkyl halides is 3. The summed E-state index contributed by atoms with van der Waals surface area (Å²) in [5.41, 5.74) is 0.459. The summed E-state index contributed by atoms with van der Waals surface area (Å²) in [6, 6.07) is 5.03. The van der Waals surface area contributed by atoms with E-state index < -0.39 is 18.5 Å². The van der Waals surface area contributed by atoms with Crippen LogP contribution < -0.4 is 0 Å². The molecule has 1 aromatic rings. The summed E-state index contributed by atoms with van der Waals surface area (Å²) in [6.07, 6.45) is -4.31. The molecule has 0 N–H and O–H groups in total. The number of nitriles is 1. The van der Waals surface area contributed by atoms with Crippen molar-refractivity contribution in [2.45, 2.75) is 32.6 Å². The molecule has 0 saturated heterocycles. The highest BCUT2D eigenvalue weighted by Crippen LogP contribution is 2.20. The van der Waals surface area contributed by atoms with Crippen molar-refractivity contribution < 1.29 is 17.6 Å². The van der Waals surface area contributed by atoms with E-state index in [1.807, 2.05) is 0 Å². The molecule has 0 fully saturated rings. The third-order valence-electron chi connectivity index (χ3n) is 2.59. The second-order valence-electron chi connectivity index (χ2n) is 4.57. The van der Waals surface area contributed by atoms with Crippen LogP contribution in [0.5, 0.6) is 0 Å². The second-order valence-corrected chi connectivity index (χ2v) is 4.57. The van der Waals surface area contributed by atoms with Gasteiger partial charge in [0.2, 0.25) is 0 Å². The van der Waals surface area contributed by atoms with Crippen molar-refractivity contribution in [3.63, 3.8) is 0 Å². The Balaban J connectivity index is 2.91. The number of rotatable bonds is 4. The Labute approximate surface area is 109 Å². The van der Waals surface area contributed by atoms with Crippen molar-refractivity contribution in [2.75, 3.05) is 6.54 Å². The van der Waals surface area contributed by atoms with Gasteiger partial charge in [-0.2, -0.15) is 18.4 Å². The summed E-state index contributed by atoms with van der Waals surface area (Å²) in [7, 11) is 0. The highest BCUT2D eigenvalue weighted by Gasteiger charge is 2.31. The predicted molar refractivity (Wildman–Crippen MR) is 62.7 cm³/mol. The summed E-state index contributed by atoms with van der Waals surface area (Å²) in [4.78, 5) is 1.18. The average Bonchev–Trinajstić information content (AvgIpc) is 2.25. The minimum absolute atomic E-state index is 0.0520. The number of nitrogens with zero attached hydrogens (tertiary/aromatic N) is 2. The topological polar surface area (TPSA) is 27.0 Å². The molecule has 1 aromatic carbocycles. The van der Waals surface area contributed by atoms with Gasteiger partial charge in [-0.1, -0.05) is 0 Å². The summed E-state index contributed by atoms with van der Waals surface area (Å²) in [5, 5.41) is 8.71. The lowest BCUT2D eigenvalue weighted by molar-refractivity contribution is -0.150. The van der Waals surface area contributed by atoms with Gasteiger partial charge in [0.15, 0.2) is 0 Å². The molecule has 6 heteroatoms. The molecule has 0 radical (unpaired) electrons. The smallest absolute Gasteiger partial charge is 0.288 e. The van der Waals surface area contributed by atoms with Crippen LogP contribution in [0, 0.1) is 17.1 Å². The largest absolute Gasteiger partial charge is 0.401 e. The van der Waals surface area contributed by atoms with Crippen molar-refractivity contribution in [1.82, 2.24) is 4.90 Å². The van der Waals surface area contributed by atoms with Gasteiger partial charge in [-0.05, 0) is 37.6 Å². The van der Waals surface area contributed by atoms with Gasteiger partial charge in [0.25, 0.3) is 0 Å². The van der Waals surface area contributed by atoms with Crippen LogP contribution in [0.2, 0.25) is 0 Å². The van der Waals surface area contributed by atoms with Crippen LogP contribution >= 0.6 is 0 Å². The highest BCUT2D eigenvalue weighted by atomic mass is 19.4. The zero-order valence-corrected chi connectivity index (χ0v) is 10.6. The van der Waals surface area contributed by atoms with Crippen LogP contribution in [-0.4, -0.2) is 23.7 Å². The zero-order valence-electron chi connectivity index (χ0n) is 10.6. The second kappa shape index (κ2) is 6.02. The molecule has 0 atom stereocenters. The Kier molecular flexibility index (Phi) is 4.90. The number of hydrogen-bond acceptors (Lipinski definition) is 2. The van der Waals surface area contributed by atoms with Gasteiger partial charge in [0, 0.05) is 12.6 Å². The van der Waals surface area contributed by atoms with Gasteiger partial charge in [-0.25, -0.2) is 4.39 Å². The fraction of sp³-hybridized carbons (Fsp3) is 0.462. The van der Waals surface area contributed by atoms with Crippen molar-refractivity contribution in [3.8, 4) is 6.07 Å². The summed E-state index contributed by atoms with van der Waals surface area (Å²) in [6.45, 7) is 2.15. The fourth-order valence-electron chi connectivity index (χ4n) is 1.69. The third-order valence-corrected chi connectivity index (χ3v) is 2.59. The van der Waals surface area contributed by atoms with Gasteiger partial charge in [0.05, 0.1) is 18.2 Å². The minimum Gasteiger partial charge on any atom is -0.288 e. The normalized spacial score (nSPS) is 11.9. The molecule has 0 amide bonds. The Morgan fingerprint density at radius 1 is 1.26 bits per heavy atom. The molecule has 0 aromatic heterocycles. The predicted octanol–water partition coefficient (Wildman–Crippen LogP) is 3.47. The first-order valence-electron chi connectivity index (χ1n) is 5.71. The Morgan fingerprint density at radius 2 is 1.89 bits per heavy atom. The van der Waals surface area contributed by atoms with Crippen molar-refractivity contribution in [2.24, 2.45) is 0 Å². The van der Waals surface area contributed by atoms with E-state index in [1.165, 1.54) is 11.0 Å². The highest BCUT2D eigenvalue weighted by molar-refractivity contribution is 5.33. The Bertz CT molecular complexity index is 475. The molecule has 2 nitrogen and oxygen atoms in total. The van der Waals surface area contributed by atoms with E-state index in [2.05, 4.69) is 0 Å². The quantitative estimate of drug-likeness (QED) is 0.786. The average molecular weight is 274 g/mol. The fourth-order valence-corrected chi connectivity index (χ4v) is 1.69. The van der Waals surface area contributed by atoms with Gasteiger partial charge in [-0.15, -0.1) is 0 Å². The molecule has 19 heavy (non-hydrogen) atoms. The Hall–Kier alpha value is -1.61. The molecule has 0 aliphatic heterocycles. The van der Waals surface area contributed by atoms with Crippen LogP contribution in [0.25, 0.3) is 0 Å². The summed E-state index contributed by atoms with van der Waals surface area (Å²) in [5.74, 6) is -0.621. The maximum absolute atomic E-state index is 13.2. The van der Waals surface area contributed by atoms with E-state index in [4.69, 9.17) is 5.26 Å². The van der Waals surface area contributed by atoms with Crippen molar-refractivity contribution >= 4 is 0 Å². The SMILES string of the molecule is CC(C)N(Cc1cc(F)cc(C#N)c1)CC(F)(F)F. The summed E-state index contributed by atoms with van der Waals surface area (Å²) >= 11 is 0.